The number of allylic oxidation sites excluding steroid dienone is 1. The molecule has 0 radical (unpaired) electrons. The van der Waals surface area contributed by atoms with Gasteiger partial charge in [-0.15, -0.1) is 0 Å². The molecule has 1 amide bonds. The Morgan fingerprint density at radius 1 is 1.00 bits per heavy atom. The minimum absolute atomic E-state index is 0.305. The summed E-state index contributed by atoms with van der Waals surface area (Å²) in [7, 11) is 3.62. The summed E-state index contributed by atoms with van der Waals surface area (Å²) in [5.41, 5.74) is 3.70. The van der Waals surface area contributed by atoms with Crippen molar-refractivity contribution in [2.24, 2.45) is 0 Å². The van der Waals surface area contributed by atoms with Crippen LogP contribution < -0.4 is 30.9 Å². The fourth-order valence-corrected chi connectivity index (χ4v) is 4.33. The molecule has 1 aromatic heterocycles. The summed E-state index contributed by atoms with van der Waals surface area (Å²) in [5.74, 6) is 1.39. The van der Waals surface area contributed by atoms with Gasteiger partial charge in [0, 0.05) is 44.7 Å². The summed E-state index contributed by atoms with van der Waals surface area (Å²) in [6.07, 6.45) is 9.52. The van der Waals surface area contributed by atoms with Crippen LogP contribution in [-0.2, 0) is 4.79 Å². The molecule has 43 heavy (non-hydrogen) atoms. The molecule has 0 atom stereocenters. The molecule has 0 aliphatic rings. The van der Waals surface area contributed by atoms with E-state index in [1.165, 1.54) is 25.0 Å². The van der Waals surface area contributed by atoms with Crippen LogP contribution in [0.2, 0.25) is 0 Å². The van der Waals surface area contributed by atoms with Gasteiger partial charge in [-0.05, 0) is 49.9 Å². The van der Waals surface area contributed by atoms with Crippen LogP contribution in [0.15, 0.2) is 73.7 Å². The van der Waals surface area contributed by atoms with Crippen molar-refractivity contribution in [3.05, 3.63) is 73.7 Å². The maximum Gasteiger partial charge on any atom is 0.247 e. The number of hydrogen-bond acceptors (Lipinski definition) is 10. The van der Waals surface area contributed by atoms with E-state index in [1.54, 1.807) is 25.5 Å². The van der Waals surface area contributed by atoms with E-state index in [-0.39, 0.29) is 5.91 Å². The van der Waals surface area contributed by atoms with Gasteiger partial charge in [-0.1, -0.05) is 39.0 Å². The van der Waals surface area contributed by atoms with Crippen LogP contribution in [0.25, 0.3) is 0 Å². The lowest BCUT2D eigenvalue weighted by Crippen LogP contribution is -2.34. The molecule has 0 aliphatic heterocycles. The summed E-state index contributed by atoms with van der Waals surface area (Å²) < 4.78 is 5.76. The highest BCUT2D eigenvalue weighted by Crippen LogP contribution is 2.38. The lowest BCUT2D eigenvalue weighted by molar-refractivity contribution is -0.111. The van der Waals surface area contributed by atoms with Crippen LogP contribution in [0, 0.1) is 5.41 Å². The van der Waals surface area contributed by atoms with Crippen molar-refractivity contribution >= 4 is 52.2 Å². The zero-order valence-electron chi connectivity index (χ0n) is 25.5. The van der Waals surface area contributed by atoms with Gasteiger partial charge < -0.3 is 41.2 Å². The predicted molar refractivity (Wildman–Crippen MR) is 179 cm³/mol. The highest BCUT2D eigenvalue weighted by molar-refractivity contribution is 6.02. The van der Waals surface area contributed by atoms with Crippen molar-refractivity contribution in [1.82, 2.24) is 14.9 Å². The third kappa shape index (κ3) is 9.86. The van der Waals surface area contributed by atoms with E-state index >= 15 is 0 Å². The Labute approximate surface area is 254 Å². The van der Waals surface area contributed by atoms with Gasteiger partial charge in [0.05, 0.1) is 35.5 Å². The number of carbonyl (C=O) groups is 1. The molecule has 0 saturated carbocycles. The number of aromatic nitrogens is 2. The topological polar surface area (TPSA) is 131 Å². The number of benzene rings is 2. The Balaban J connectivity index is 1.86. The smallest absolute Gasteiger partial charge is 0.247 e. The number of carbonyl (C=O) groups excluding carboxylic acids is 1. The maximum absolute atomic E-state index is 12.4. The quantitative estimate of drug-likeness (QED) is 0.0871. The summed E-state index contributed by atoms with van der Waals surface area (Å²) in [4.78, 5) is 25.7. The molecule has 3 aromatic rings. The number of ether oxygens (including phenoxy) is 1. The fourth-order valence-electron chi connectivity index (χ4n) is 4.33. The first-order chi connectivity index (χ1) is 20.9. The van der Waals surface area contributed by atoms with Gasteiger partial charge in [0.2, 0.25) is 5.91 Å². The fraction of sp³-hybridized carbons (Fsp3) is 0.312. The lowest BCUT2D eigenvalue weighted by Gasteiger charge is -2.28. The molecule has 0 aliphatic carbocycles. The second-order valence-corrected chi connectivity index (χ2v) is 9.73. The third-order valence-corrected chi connectivity index (χ3v) is 6.75. The molecule has 0 unspecified atom stereocenters. The summed E-state index contributed by atoms with van der Waals surface area (Å²) in [6.45, 7) is 11.7. The molecule has 0 spiro atoms. The van der Waals surface area contributed by atoms with Crippen LogP contribution in [0.5, 0.6) is 5.75 Å². The minimum atomic E-state index is -0.305. The highest BCUT2D eigenvalue weighted by Gasteiger charge is 2.17. The molecule has 3 rings (SSSR count). The first-order valence-corrected chi connectivity index (χ1v) is 14.4. The van der Waals surface area contributed by atoms with Crippen molar-refractivity contribution in [2.75, 3.05) is 66.5 Å². The van der Waals surface area contributed by atoms with E-state index in [0.29, 0.717) is 28.8 Å². The van der Waals surface area contributed by atoms with E-state index in [1.807, 2.05) is 43.4 Å². The highest BCUT2D eigenvalue weighted by atomic mass is 16.5. The average Bonchev–Trinajstić information content (AvgIpc) is 3.02. The van der Waals surface area contributed by atoms with E-state index in [2.05, 4.69) is 61.5 Å². The number of rotatable bonds is 18. The van der Waals surface area contributed by atoms with Gasteiger partial charge in [0.1, 0.15) is 23.7 Å². The molecule has 1 heterocycles. The van der Waals surface area contributed by atoms with Crippen LogP contribution in [0.3, 0.4) is 0 Å². The van der Waals surface area contributed by atoms with E-state index in [4.69, 9.17) is 10.1 Å². The maximum atomic E-state index is 12.4. The molecular formula is C32H43N9O2. The molecule has 0 bridgehead atoms. The number of nitrogens with one attached hydrogen (secondary N) is 5. The number of hydrogen-bond donors (Lipinski definition) is 5. The molecule has 5 N–H and O–H groups in total. The van der Waals surface area contributed by atoms with Crippen molar-refractivity contribution in [3.63, 3.8) is 0 Å². The zero-order valence-corrected chi connectivity index (χ0v) is 25.5. The van der Waals surface area contributed by atoms with Gasteiger partial charge in [0.25, 0.3) is 0 Å². The first-order valence-electron chi connectivity index (χ1n) is 14.4. The molecule has 228 valence electrons. The minimum Gasteiger partial charge on any atom is -0.494 e. The van der Waals surface area contributed by atoms with Crippen molar-refractivity contribution in [3.8, 4) is 5.75 Å². The standard InChI is InChI=1S/C32H43N9O2/c1-6-9-17-41(8-3)19-18-40(4)28-21-29(43-5)27(20-26(28)39-32(42)7-2)38-31-22-30(35-23-36-31)37-25-14-11-10-13-24(25)34-16-12-15-33/h7,10-16,20-23,33-34H,2,6,8-9,17-19H2,1,3-5H3,(H,39,42)(H2,35,36,37,38)/b16-12-,33-15?. The average molecular weight is 586 g/mol. The second kappa shape index (κ2) is 17.1. The zero-order chi connectivity index (χ0) is 31.0. The summed E-state index contributed by atoms with van der Waals surface area (Å²) in [6, 6.07) is 13.2. The molecule has 11 heteroatoms. The number of nitrogens with zero attached hydrogens (tertiary/aromatic N) is 4. The number of unbranched alkanes of at least 4 members (excludes halogenated alkanes) is 1. The van der Waals surface area contributed by atoms with Gasteiger partial charge in [-0.25, -0.2) is 9.97 Å². The second-order valence-electron chi connectivity index (χ2n) is 9.73. The largest absolute Gasteiger partial charge is 0.494 e. The van der Waals surface area contributed by atoms with Crippen LogP contribution in [0.4, 0.5) is 40.1 Å². The van der Waals surface area contributed by atoms with Crippen LogP contribution in [-0.4, -0.2) is 67.3 Å². The van der Waals surface area contributed by atoms with Crippen molar-refractivity contribution < 1.29 is 9.53 Å². The number of amides is 1. The Hall–Kier alpha value is -4.90. The molecule has 0 fully saturated rings. The monoisotopic (exact) mass is 585 g/mol. The number of methoxy groups -OCH3 is 1. The van der Waals surface area contributed by atoms with Crippen LogP contribution in [0.1, 0.15) is 26.7 Å². The Morgan fingerprint density at radius 2 is 1.72 bits per heavy atom. The Morgan fingerprint density at radius 3 is 2.37 bits per heavy atom. The number of anilines is 7. The number of likely N-dealkylation sites (N-methyl/N-ethyl adjacent to an activating group) is 2. The molecule has 0 saturated heterocycles. The molecule has 11 nitrogen and oxygen atoms in total. The third-order valence-electron chi connectivity index (χ3n) is 6.75. The van der Waals surface area contributed by atoms with Crippen molar-refractivity contribution in [2.45, 2.75) is 26.7 Å². The normalized spacial score (nSPS) is 10.8. The summed E-state index contributed by atoms with van der Waals surface area (Å²) >= 11 is 0. The number of para-hydroxylation sites is 2. The molecule has 2 aromatic carbocycles. The van der Waals surface area contributed by atoms with Gasteiger partial charge in [0.15, 0.2) is 0 Å². The first kappa shape index (κ1) is 32.6. The van der Waals surface area contributed by atoms with Gasteiger partial charge >= 0.3 is 0 Å². The van der Waals surface area contributed by atoms with Crippen LogP contribution >= 0.6 is 0 Å². The Bertz CT molecular complexity index is 1390. The van der Waals surface area contributed by atoms with Gasteiger partial charge in [-0.2, -0.15) is 0 Å². The van der Waals surface area contributed by atoms with Gasteiger partial charge in [-0.3, -0.25) is 4.79 Å². The predicted octanol–water partition coefficient (Wildman–Crippen LogP) is 6.23. The van der Waals surface area contributed by atoms with E-state index < -0.39 is 0 Å². The van der Waals surface area contributed by atoms with E-state index in [9.17, 15) is 4.79 Å². The Kier molecular flexibility index (Phi) is 13.0. The summed E-state index contributed by atoms with van der Waals surface area (Å²) in [5, 5.41) is 19.9. The molecular weight excluding hydrogens is 542 g/mol. The SMILES string of the molecule is C=CC(=O)Nc1cc(Nc2cc(Nc3ccccc3N/C=C\C=N)ncn2)c(OC)cc1N(C)CCN(CC)CCCC. The van der Waals surface area contributed by atoms with E-state index in [0.717, 1.165) is 49.7 Å². The van der Waals surface area contributed by atoms with Crippen molar-refractivity contribution in [1.29, 1.82) is 5.41 Å². The lowest BCUT2D eigenvalue weighted by atomic mass is 10.2.